The van der Waals surface area contributed by atoms with Gasteiger partial charge < -0.3 is 4.74 Å². The number of aryl methyl sites for hydroxylation is 1. The van der Waals surface area contributed by atoms with E-state index in [4.69, 9.17) is 20.7 Å². The van der Waals surface area contributed by atoms with E-state index in [1.54, 1.807) is 0 Å². The first-order valence-corrected chi connectivity index (χ1v) is 28.3. The van der Waals surface area contributed by atoms with E-state index in [2.05, 4.69) is 208 Å². The van der Waals surface area contributed by atoms with Gasteiger partial charge >= 0.3 is 0 Å². The molecule has 0 atom stereocenters. The monoisotopic (exact) mass is 1080 g/mol. The number of hydrogen-bond acceptors (Lipinski definition) is 2. The van der Waals surface area contributed by atoms with E-state index in [0.717, 1.165) is 72.1 Å². The molecule has 3 aromatic heterocycles. The minimum absolute atomic E-state index is 0.0688. The number of fused-ring (bicyclic) bond motifs is 4. The van der Waals surface area contributed by atoms with E-state index in [-0.39, 0.29) is 44.2 Å². The highest BCUT2D eigenvalue weighted by Gasteiger charge is 2.26. The molecule has 0 aliphatic carbocycles. The van der Waals surface area contributed by atoms with Crippen molar-refractivity contribution in [2.45, 2.75) is 112 Å². The summed E-state index contributed by atoms with van der Waals surface area (Å²) >= 11 is 0. The van der Waals surface area contributed by atoms with Crippen molar-refractivity contribution in [1.82, 2.24) is 14.1 Å². The molecule has 82 heavy (non-hydrogen) atoms. The van der Waals surface area contributed by atoms with Crippen molar-refractivity contribution in [3.8, 4) is 73.2 Å². The lowest BCUT2D eigenvalue weighted by molar-refractivity contribution is -0.571. The predicted molar refractivity (Wildman–Crippen MR) is 344 cm³/mol. The molecule has 0 aliphatic heterocycles. The van der Waals surface area contributed by atoms with Gasteiger partial charge in [0.05, 0.1) is 40.3 Å². The van der Waals surface area contributed by atoms with Crippen molar-refractivity contribution < 1.29 is 20.3 Å². The summed E-state index contributed by atoms with van der Waals surface area (Å²) in [6.07, 6.45) is 5.26. The smallest absolute Gasteiger partial charge is 0.269 e. The molecule has 408 valence electrons. The lowest BCUT2D eigenvalue weighted by Crippen LogP contribution is -2.31. The topological polar surface area (TPSA) is 35.9 Å². The summed E-state index contributed by atoms with van der Waals surface area (Å²) in [4.78, 5) is 4.80. The van der Waals surface area contributed by atoms with Gasteiger partial charge in [0.15, 0.2) is 0 Å². The van der Waals surface area contributed by atoms with Crippen LogP contribution in [-0.2, 0) is 21.7 Å². The van der Waals surface area contributed by atoms with Crippen molar-refractivity contribution in [3.05, 3.63) is 246 Å². The third-order valence-electron chi connectivity index (χ3n) is 15.8. The number of aromatic nitrogens is 4. The molecule has 5 heteroatoms. The van der Waals surface area contributed by atoms with Crippen LogP contribution in [0.25, 0.3) is 94.5 Å². The second kappa shape index (κ2) is 20.3. The van der Waals surface area contributed by atoms with Crippen LogP contribution in [0.1, 0.15) is 122 Å². The SMILES string of the molecule is [2H]c1c([2H])c([2H])c(-c2cnc(-n3c4ccccc4c4ccc(Oc5cccc(-n6[c-][n+](-c7c(-c8cccc(C(C)(C)C)c8)cccc7-c7cccc(C(C)(C)C)c7)c7ccc(-c8cc(C(C)(C)C)cc(C(C)(C)C)c8)cc76)c5)cc43)cc2C([2H])([2H])[2H])c([2H])c1[2H]. The standard InChI is InChI=1S/C77H74N4O/c1-50-39-72(78-48-67(50)51-23-15-14-16-24-51)81-68-34-18-17-31-65(68)66-37-36-62(47-70(66)81)82-61-30-21-29-60(46-61)79-49-80(69-38-35-52(44-71(69)79)55-42-58(76(8,9)10)45-59(43-55)77(11,12)13)73-63(53-25-19-27-56(40-53)74(2,3)4)32-22-33-64(73)54-26-20-28-57(41-54)75(5,6)7/h14-48H,1-13H3/i1D3,14D,15D,16D,23D,24D. The number of rotatable bonds is 9. The Bertz CT molecular complexity index is 4710. The Balaban J connectivity index is 1.05. The molecule has 5 nitrogen and oxygen atoms in total. The molecular weight excluding hydrogens is 997 g/mol. The van der Waals surface area contributed by atoms with E-state index in [0.29, 0.717) is 17.0 Å². The quantitative estimate of drug-likeness (QED) is 0.107. The minimum Gasteiger partial charge on any atom is -0.458 e. The molecule has 0 aliphatic rings. The van der Waals surface area contributed by atoms with Gasteiger partial charge in [-0.3, -0.25) is 13.7 Å². The molecule has 0 bridgehead atoms. The van der Waals surface area contributed by atoms with Crippen LogP contribution in [-0.4, -0.2) is 14.1 Å². The fraction of sp³-hybridized carbons (Fsp3) is 0.221. The molecule has 0 fully saturated rings. The molecule has 12 rings (SSSR count). The van der Waals surface area contributed by atoms with Crippen LogP contribution in [0.4, 0.5) is 0 Å². The number of para-hydroxylation sites is 2. The average Bonchev–Trinajstić information content (AvgIpc) is 1.51. The minimum atomic E-state index is -2.76. The Hall–Kier alpha value is -8.80. The second-order valence-electron chi connectivity index (χ2n) is 25.9. The molecule has 9 aromatic carbocycles. The zero-order valence-corrected chi connectivity index (χ0v) is 49.0. The van der Waals surface area contributed by atoms with Gasteiger partial charge in [-0.05, 0) is 144 Å². The van der Waals surface area contributed by atoms with Gasteiger partial charge in [-0.2, -0.15) is 0 Å². The highest BCUT2D eigenvalue weighted by atomic mass is 16.5. The Morgan fingerprint density at radius 2 is 1.06 bits per heavy atom. The molecular formula is C77H74N4O. The van der Waals surface area contributed by atoms with Crippen LogP contribution >= 0.6 is 0 Å². The summed E-state index contributed by atoms with van der Waals surface area (Å²) in [5.74, 6) is 1.33. The summed E-state index contributed by atoms with van der Waals surface area (Å²) in [5, 5.41) is 1.76. The first kappa shape index (κ1) is 44.9. The van der Waals surface area contributed by atoms with Crippen LogP contribution in [0.2, 0.25) is 0 Å². The van der Waals surface area contributed by atoms with Crippen molar-refractivity contribution in [3.63, 3.8) is 0 Å². The Kier molecular flexibility index (Phi) is 11.1. The van der Waals surface area contributed by atoms with E-state index in [1.807, 2.05) is 65.2 Å². The first-order valence-electron chi connectivity index (χ1n) is 32.3. The third-order valence-corrected chi connectivity index (χ3v) is 15.8. The van der Waals surface area contributed by atoms with Gasteiger partial charge in [-0.25, -0.2) is 4.98 Å². The summed E-state index contributed by atoms with van der Waals surface area (Å²) in [6.45, 7) is 24.4. The number of benzene rings is 9. The highest BCUT2D eigenvalue weighted by molar-refractivity contribution is 6.09. The number of hydrogen-bond donors (Lipinski definition) is 0. The van der Waals surface area contributed by atoms with Crippen molar-refractivity contribution in [2.24, 2.45) is 0 Å². The maximum atomic E-state index is 8.73. The zero-order chi connectivity index (χ0) is 64.3. The lowest BCUT2D eigenvalue weighted by Gasteiger charge is -2.26. The van der Waals surface area contributed by atoms with Crippen LogP contribution in [0.3, 0.4) is 0 Å². The summed E-state index contributed by atoms with van der Waals surface area (Å²) in [6, 6.07) is 58.6. The fourth-order valence-electron chi connectivity index (χ4n) is 11.1. The van der Waals surface area contributed by atoms with Gasteiger partial charge in [0.25, 0.3) is 6.33 Å². The van der Waals surface area contributed by atoms with E-state index < -0.39 is 37.1 Å². The van der Waals surface area contributed by atoms with E-state index in [1.165, 1.54) is 34.5 Å². The molecule has 0 radical (unpaired) electrons. The van der Waals surface area contributed by atoms with Crippen LogP contribution < -0.4 is 9.30 Å². The largest absolute Gasteiger partial charge is 0.458 e. The Morgan fingerprint density at radius 3 is 1.71 bits per heavy atom. The summed E-state index contributed by atoms with van der Waals surface area (Å²) in [5.41, 5.74) is 15.8. The maximum absolute atomic E-state index is 8.73. The molecule has 0 saturated heterocycles. The van der Waals surface area contributed by atoms with E-state index >= 15 is 0 Å². The number of nitrogens with zero attached hydrogens (tertiary/aromatic N) is 4. The van der Waals surface area contributed by atoms with Crippen molar-refractivity contribution in [1.29, 1.82) is 0 Å². The number of ether oxygens (including phenoxy) is 1. The molecule has 12 aromatic rings. The van der Waals surface area contributed by atoms with Gasteiger partial charge in [-0.15, -0.1) is 0 Å². The predicted octanol–water partition coefficient (Wildman–Crippen LogP) is 20.2. The molecule has 0 N–H and O–H groups in total. The molecule has 3 heterocycles. The highest BCUT2D eigenvalue weighted by Crippen LogP contribution is 2.41. The van der Waals surface area contributed by atoms with Crippen molar-refractivity contribution in [2.75, 3.05) is 0 Å². The van der Waals surface area contributed by atoms with Crippen LogP contribution in [0, 0.1) is 13.2 Å². The Morgan fingerprint density at radius 1 is 0.463 bits per heavy atom. The first-order chi connectivity index (χ1) is 42.3. The number of pyridine rings is 1. The summed E-state index contributed by atoms with van der Waals surface area (Å²) < 4.78 is 81.7. The molecule has 0 amide bonds. The fourth-order valence-corrected chi connectivity index (χ4v) is 11.1. The van der Waals surface area contributed by atoms with Gasteiger partial charge in [0.2, 0.25) is 0 Å². The third kappa shape index (κ3) is 10.2. The normalized spacial score (nSPS) is 14.0. The van der Waals surface area contributed by atoms with Crippen LogP contribution in [0.15, 0.2) is 212 Å². The maximum Gasteiger partial charge on any atom is 0.269 e. The lowest BCUT2D eigenvalue weighted by atomic mass is 9.79. The average molecular weight is 1080 g/mol. The van der Waals surface area contributed by atoms with Gasteiger partial charge in [0.1, 0.15) is 17.3 Å². The molecule has 0 saturated carbocycles. The number of imidazole rings is 1. The molecule has 0 spiro atoms. The van der Waals surface area contributed by atoms with Gasteiger partial charge in [-0.1, -0.05) is 235 Å². The molecule has 0 unspecified atom stereocenters. The summed E-state index contributed by atoms with van der Waals surface area (Å²) in [7, 11) is 0. The zero-order valence-electron chi connectivity index (χ0n) is 57.0. The van der Waals surface area contributed by atoms with Crippen LogP contribution in [0.5, 0.6) is 11.5 Å². The van der Waals surface area contributed by atoms with Crippen molar-refractivity contribution >= 4 is 32.8 Å². The Labute approximate surface area is 496 Å². The van der Waals surface area contributed by atoms with Gasteiger partial charge in [0, 0.05) is 32.7 Å². The second-order valence-corrected chi connectivity index (χ2v) is 25.9. The van der Waals surface area contributed by atoms with E-state index in [9.17, 15) is 0 Å².